The van der Waals surface area contributed by atoms with E-state index < -0.39 is 12.1 Å². The Morgan fingerprint density at radius 3 is 2.50 bits per heavy atom. The van der Waals surface area contributed by atoms with Gasteiger partial charge < -0.3 is 20.5 Å². The van der Waals surface area contributed by atoms with Gasteiger partial charge in [-0.2, -0.15) is 0 Å². The third kappa shape index (κ3) is 8.81. The molecule has 2 amide bonds. The second kappa shape index (κ2) is 9.70. The highest BCUT2D eigenvalue weighted by molar-refractivity contribution is 5.74. The second-order valence-corrected chi connectivity index (χ2v) is 4.22. The molecule has 6 heteroatoms. The van der Waals surface area contributed by atoms with Crippen LogP contribution in [-0.4, -0.2) is 42.4 Å². The zero-order valence-corrected chi connectivity index (χ0v) is 11.4. The zero-order chi connectivity index (χ0) is 14.0. The zero-order valence-electron chi connectivity index (χ0n) is 11.4. The summed E-state index contributed by atoms with van der Waals surface area (Å²) in [5.41, 5.74) is 0. The predicted octanol–water partition coefficient (Wildman–Crippen LogP) is 1.35. The van der Waals surface area contributed by atoms with Gasteiger partial charge in [-0.25, -0.2) is 4.79 Å². The van der Waals surface area contributed by atoms with E-state index in [-0.39, 0.29) is 25.0 Å². The molecule has 0 aliphatic heterocycles. The molecule has 6 nitrogen and oxygen atoms in total. The summed E-state index contributed by atoms with van der Waals surface area (Å²) in [5, 5.41) is 14.1. The molecule has 0 spiro atoms. The number of urea groups is 1. The van der Waals surface area contributed by atoms with Gasteiger partial charge in [0.2, 0.25) is 0 Å². The van der Waals surface area contributed by atoms with E-state index in [2.05, 4.69) is 10.6 Å². The average Bonchev–Trinajstić information content (AvgIpc) is 2.25. The number of hydrogen-bond acceptors (Lipinski definition) is 3. The fourth-order valence-corrected chi connectivity index (χ4v) is 1.61. The van der Waals surface area contributed by atoms with E-state index in [4.69, 9.17) is 9.84 Å². The fourth-order valence-electron chi connectivity index (χ4n) is 1.61. The van der Waals surface area contributed by atoms with E-state index in [1.54, 1.807) is 6.92 Å². The van der Waals surface area contributed by atoms with Gasteiger partial charge in [-0.15, -0.1) is 0 Å². The van der Waals surface area contributed by atoms with Crippen LogP contribution in [0.25, 0.3) is 0 Å². The summed E-state index contributed by atoms with van der Waals surface area (Å²) in [6.45, 7) is 6.39. The molecule has 0 bridgehead atoms. The lowest BCUT2D eigenvalue weighted by atomic mass is 10.2. The standard InChI is InChI=1S/C12H24N2O4/c1-4-6-9(3)14-12(17)13-8-10(18-5-2)7-11(15)16/h9-10H,4-8H2,1-3H3,(H,15,16)(H2,13,14,17). The Kier molecular flexibility index (Phi) is 9.00. The van der Waals surface area contributed by atoms with Gasteiger partial charge in [0, 0.05) is 19.2 Å². The highest BCUT2D eigenvalue weighted by Crippen LogP contribution is 1.98. The SMILES string of the molecule is CCCC(C)NC(=O)NCC(CC(=O)O)OCC. The predicted molar refractivity (Wildman–Crippen MR) is 68.6 cm³/mol. The van der Waals surface area contributed by atoms with E-state index in [9.17, 15) is 9.59 Å². The van der Waals surface area contributed by atoms with Crippen molar-refractivity contribution < 1.29 is 19.4 Å². The molecule has 2 unspecified atom stereocenters. The summed E-state index contributed by atoms with van der Waals surface area (Å²) in [6.07, 6.45) is 1.32. The third-order valence-electron chi connectivity index (χ3n) is 2.39. The van der Waals surface area contributed by atoms with Crippen molar-refractivity contribution in [2.24, 2.45) is 0 Å². The summed E-state index contributed by atoms with van der Waals surface area (Å²) in [6, 6.07) is -0.175. The average molecular weight is 260 g/mol. The quantitative estimate of drug-likeness (QED) is 0.584. The van der Waals surface area contributed by atoms with Crippen LogP contribution in [0.4, 0.5) is 4.79 Å². The lowest BCUT2D eigenvalue weighted by molar-refractivity contribution is -0.140. The van der Waals surface area contributed by atoms with Crippen molar-refractivity contribution in [3.05, 3.63) is 0 Å². The molecule has 0 aromatic heterocycles. The van der Waals surface area contributed by atoms with Gasteiger partial charge in [0.1, 0.15) is 0 Å². The number of aliphatic carboxylic acids is 1. The van der Waals surface area contributed by atoms with Gasteiger partial charge >= 0.3 is 12.0 Å². The molecule has 0 saturated heterocycles. The van der Waals surface area contributed by atoms with E-state index in [1.807, 2.05) is 13.8 Å². The minimum absolute atomic E-state index is 0.111. The van der Waals surface area contributed by atoms with Crippen LogP contribution in [0.3, 0.4) is 0 Å². The summed E-state index contributed by atoms with van der Waals surface area (Å²) >= 11 is 0. The molecule has 0 aromatic rings. The number of hydrogen-bond donors (Lipinski definition) is 3. The largest absolute Gasteiger partial charge is 0.481 e. The van der Waals surface area contributed by atoms with Crippen LogP contribution in [0.2, 0.25) is 0 Å². The van der Waals surface area contributed by atoms with Crippen molar-refractivity contribution in [3.63, 3.8) is 0 Å². The first-order valence-corrected chi connectivity index (χ1v) is 6.37. The summed E-state index contributed by atoms with van der Waals surface area (Å²) in [4.78, 5) is 22.1. The van der Waals surface area contributed by atoms with E-state index in [0.29, 0.717) is 6.61 Å². The molecule has 0 aliphatic rings. The van der Waals surface area contributed by atoms with Gasteiger partial charge in [0.05, 0.1) is 12.5 Å². The number of ether oxygens (including phenoxy) is 1. The number of nitrogens with one attached hydrogen (secondary N) is 2. The Hall–Kier alpha value is -1.30. The molecule has 0 aromatic carbocycles. The molecule has 0 rings (SSSR count). The van der Waals surface area contributed by atoms with Crippen molar-refractivity contribution >= 4 is 12.0 Å². The van der Waals surface area contributed by atoms with Gasteiger partial charge in [0.25, 0.3) is 0 Å². The second-order valence-electron chi connectivity index (χ2n) is 4.22. The molecule has 0 radical (unpaired) electrons. The van der Waals surface area contributed by atoms with Crippen LogP contribution in [-0.2, 0) is 9.53 Å². The van der Waals surface area contributed by atoms with Crippen LogP contribution in [0, 0.1) is 0 Å². The number of rotatable bonds is 9. The Morgan fingerprint density at radius 1 is 1.33 bits per heavy atom. The van der Waals surface area contributed by atoms with Crippen molar-refractivity contribution in [1.82, 2.24) is 10.6 Å². The number of carboxylic acid groups (broad SMARTS) is 1. The first-order valence-electron chi connectivity index (χ1n) is 6.37. The van der Waals surface area contributed by atoms with Crippen molar-refractivity contribution in [2.45, 2.75) is 52.2 Å². The van der Waals surface area contributed by atoms with Crippen LogP contribution >= 0.6 is 0 Å². The Balaban J connectivity index is 3.94. The number of carbonyl (C=O) groups is 2. The number of carbonyl (C=O) groups excluding carboxylic acids is 1. The van der Waals surface area contributed by atoms with Crippen LogP contribution < -0.4 is 10.6 Å². The van der Waals surface area contributed by atoms with Gasteiger partial charge in [-0.05, 0) is 20.3 Å². The highest BCUT2D eigenvalue weighted by atomic mass is 16.5. The summed E-state index contributed by atoms with van der Waals surface area (Å²) < 4.78 is 5.23. The normalized spacial score (nSPS) is 13.7. The van der Waals surface area contributed by atoms with E-state index in [0.717, 1.165) is 12.8 Å². The van der Waals surface area contributed by atoms with Crippen LogP contribution in [0.1, 0.15) is 40.0 Å². The monoisotopic (exact) mass is 260 g/mol. The van der Waals surface area contributed by atoms with Gasteiger partial charge in [-0.3, -0.25) is 4.79 Å². The molecule has 2 atom stereocenters. The lowest BCUT2D eigenvalue weighted by Crippen LogP contribution is -2.44. The minimum Gasteiger partial charge on any atom is -0.481 e. The lowest BCUT2D eigenvalue weighted by Gasteiger charge is -2.18. The highest BCUT2D eigenvalue weighted by Gasteiger charge is 2.14. The van der Waals surface area contributed by atoms with Crippen molar-refractivity contribution in [3.8, 4) is 0 Å². The molecule has 106 valence electrons. The Morgan fingerprint density at radius 2 is 2.00 bits per heavy atom. The fraction of sp³-hybridized carbons (Fsp3) is 0.833. The Labute approximate surface area is 108 Å². The van der Waals surface area contributed by atoms with E-state index >= 15 is 0 Å². The number of carboxylic acids is 1. The molecular formula is C12H24N2O4. The molecule has 0 heterocycles. The first kappa shape index (κ1) is 16.7. The topological polar surface area (TPSA) is 87.7 Å². The molecule has 18 heavy (non-hydrogen) atoms. The molecule has 0 saturated carbocycles. The maximum atomic E-state index is 11.5. The summed E-state index contributed by atoms with van der Waals surface area (Å²) in [7, 11) is 0. The van der Waals surface area contributed by atoms with Crippen molar-refractivity contribution in [1.29, 1.82) is 0 Å². The third-order valence-corrected chi connectivity index (χ3v) is 2.39. The molecule has 3 N–H and O–H groups in total. The molecular weight excluding hydrogens is 236 g/mol. The smallest absolute Gasteiger partial charge is 0.315 e. The summed E-state index contributed by atoms with van der Waals surface area (Å²) in [5.74, 6) is -0.935. The maximum absolute atomic E-state index is 11.5. The van der Waals surface area contributed by atoms with E-state index in [1.165, 1.54) is 0 Å². The first-order chi connectivity index (χ1) is 8.49. The van der Waals surface area contributed by atoms with Crippen LogP contribution in [0.5, 0.6) is 0 Å². The minimum atomic E-state index is -0.935. The van der Waals surface area contributed by atoms with Crippen molar-refractivity contribution in [2.75, 3.05) is 13.2 Å². The molecule has 0 fully saturated rings. The van der Waals surface area contributed by atoms with Gasteiger partial charge in [-0.1, -0.05) is 13.3 Å². The van der Waals surface area contributed by atoms with Crippen LogP contribution in [0.15, 0.2) is 0 Å². The maximum Gasteiger partial charge on any atom is 0.315 e. The Bertz CT molecular complexity index is 258. The number of amides is 2. The van der Waals surface area contributed by atoms with Gasteiger partial charge in [0.15, 0.2) is 0 Å². The molecule has 0 aliphatic carbocycles.